The highest BCUT2D eigenvalue weighted by Crippen LogP contribution is 2.29. The third-order valence-electron chi connectivity index (χ3n) is 2.88. The Hall–Kier alpha value is -1.29. The predicted molar refractivity (Wildman–Crippen MR) is 79.9 cm³/mol. The molecule has 0 aliphatic heterocycles. The van der Waals surface area contributed by atoms with Gasteiger partial charge in [-0.2, -0.15) is 9.57 Å². The van der Waals surface area contributed by atoms with Crippen LogP contribution in [0.15, 0.2) is 17.0 Å². The smallest absolute Gasteiger partial charge is 0.243 e. The first-order chi connectivity index (χ1) is 9.21. The van der Waals surface area contributed by atoms with Crippen LogP contribution in [-0.2, 0) is 10.0 Å². The summed E-state index contributed by atoms with van der Waals surface area (Å²) in [6.07, 6.45) is 0.138. The number of anilines is 1. The monoisotopic (exact) mass is 315 g/mol. The Morgan fingerprint density at radius 1 is 1.45 bits per heavy atom. The molecule has 0 unspecified atom stereocenters. The SMILES string of the molecule is Cc1cc(S(=O)(=O)N(CCC#N)C(C)C)cc(N)c1Cl. The summed E-state index contributed by atoms with van der Waals surface area (Å²) in [5.74, 6) is 0. The normalized spacial score (nSPS) is 11.8. The number of aryl methyl sites for hydroxylation is 1. The fourth-order valence-electron chi connectivity index (χ4n) is 1.86. The standard InChI is InChI=1S/C13H18ClN3O2S/c1-9(2)17(6-4-5-15)20(18,19)11-7-10(3)13(14)12(16)8-11/h7-9H,4,6,16H2,1-3H3. The van der Waals surface area contributed by atoms with Crippen LogP contribution in [0, 0.1) is 18.3 Å². The van der Waals surface area contributed by atoms with E-state index in [1.54, 1.807) is 20.8 Å². The maximum absolute atomic E-state index is 12.6. The Bertz CT molecular complexity index is 613. The van der Waals surface area contributed by atoms with Gasteiger partial charge >= 0.3 is 0 Å². The van der Waals surface area contributed by atoms with Gasteiger partial charge in [-0.3, -0.25) is 0 Å². The third-order valence-corrected chi connectivity index (χ3v) is 5.45. The first-order valence-electron chi connectivity index (χ1n) is 6.16. The van der Waals surface area contributed by atoms with Crippen LogP contribution in [0.25, 0.3) is 0 Å². The van der Waals surface area contributed by atoms with Gasteiger partial charge < -0.3 is 5.73 Å². The maximum atomic E-state index is 12.6. The zero-order valence-corrected chi connectivity index (χ0v) is 13.3. The van der Waals surface area contributed by atoms with Crippen LogP contribution < -0.4 is 5.73 Å². The molecule has 0 radical (unpaired) electrons. The van der Waals surface area contributed by atoms with E-state index in [0.717, 1.165) is 0 Å². The topological polar surface area (TPSA) is 87.2 Å². The summed E-state index contributed by atoms with van der Waals surface area (Å²) in [5, 5.41) is 9.01. The number of nitrogens with two attached hydrogens (primary N) is 1. The van der Waals surface area contributed by atoms with Crippen molar-refractivity contribution in [1.82, 2.24) is 4.31 Å². The average Bonchev–Trinajstić information content (AvgIpc) is 2.35. The molecule has 0 amide bonds. The zero-order chi connectivity index (χ0) is 15.5. The van der Waals surface area contributed by atoms with E-state index in [2.05, 4.69) is 0 Å². The molecular weight excluding hydrogens is 298 g/mol. The van der Waals surface area contributed by atoms with Crippen LogP contribution in [0.1, 0.15) is 25.8 Å². The first kappa shape index (κ1) is 16.8. The molecule has 0 saturated carbocycles. The summed E-state index contributed by atoms with van der Waals surface area (Å²) < 4.78 is 26.5. The van der Waals surface area contributed by atoms with Crippen molar-refractivity contribution in [2.45, 2.75) is 38.1 Å². The summed E-state index contributed by atoms with van der Waals surface area (Å²) in [5.41, 5.74) is 6.56. The Kier molecular flexibility index (Phi) is 5.40. The molecule has 0 spiro atoms. The lowest BCUT2D eigenvalue weighted by atomic mass is 10.2. The van der Waals surface area contributed by atoms with Crippen LogP contribution in [0.2, 0.25) is 5.02 Å². The molecule has 0 heterocycles. The Labute approximate surface area is 125 Å². The highest BCUT2D eigenvalue weighted by molar-refractivity contribution is 7.89. The van der Waals surface area contributed by atoms with Gasteiger partial charge in [0.15, 0.2) is 0 Å². The molecule has 5 nitrogen and oxygen atoms in total. The van der Waals surface area contributed by atoms with Crippen LogP contribution in [-0.4, -0.2) is 25.3 Å². The molecular formula is C13H18ClN3O2S. The third kappa shape index (κ3) is 3.42. The number of nitrogen functional groups attached to an aromatic ring is 1. The number of halogens is 1. The molecule has 20 heavy (non-hydrogen) atoms. The Balaban J connectivity index is 3.30. The van der Waals surface area contributed by atoms with Gasteiger partial charge in [0, 0.05) is 19.0 Å². The van der Waals surface area contributed by atoms with E-state index in [9.17, 15) is 8.42 Å². The molecule has 1 aromatic rings. The van der Waals surface area contributed by atoms with Crippen molar-refractivity contribution < 1.29 is 8.42 Å². The van der Waals surface area contributed by atoms with E-state index in [-0.39, 0.29) is 29.6 Å². The molecule has 0 aromatic heterocycles. The van der Waals surface area contributed by atoms with E-state index in [4.69, 9.17) is 22.6 Å². The van der Waals surface area contributed by atoms with Crippen LogP contribution in [0.3, 0.4) is 0 Å². The number of hydrogen-bond acceptors (Lipinski definition) is 4. The molecule has 1 aromatic carbocycles. The molecule has 0 saturated heterocycles. The van der Waals surface area contributed by atoms with E-state index < -0.39 is 10.0 Å². The molecule has 0 fully saturated rings. The van der Waals surface area contributed by atoms with Gasteiger partial charge in [0.25, 0.3) is 0 Å². The second-order valence-electron chi connectivity index (χ2n) is 4.76. The number of nitriles is 1. The van der Waals surface area contributed by atoms with E-state index >= 15 is 0 Å². The second kappa shape index (κ2) is 6.44. The van der Waals surface area contributed by atoms with Gasteiger partial charge in [0.2, 0.25) is 10.0 Å². The summed E-state index contributed by atoms with van der Waals surface area (Å²) in [6, 6.07) is 4.56. The predicted octanol–water partition coefficient (Wildman–Crippen LogP) is 2.54. The van der Waals surface area contributed by atoms with Gasteiger partial charge in [0.05, 0.1) is 21.7 Å². The van der Waals surface area contributed by atoms with E-state index in [1.165, 1.54) is 16.4 Å². The maximum Gasteiger partial charge on any atom is 0.243 e. The Morgan fingerprint density at radius 3 is 2.50 bits per heavy atom. The largest absolute Gasteiger partial charge is 0.397 e. The highest BCUT2D eigenvalue weighted by Gasteiger charge is 2.27. The van der Waals surface area contributed by atoms with Crippen molar-refractivity contribution in [3.8, 4) is 6.07 Å². The molecule has 0 atom stereocenters. The quantitative estimate of drug-likeness (QED) is 0.846. The van der Waals surface area contributed by atoms with Crippen LogP contribution >= 0.6 is 11.6 Å². The molecule has 110 valence electrons. The number of benzene rings is 1. The van der Waals surface area contributed by atoms with Crippen LogP contribution in [0.4, 0.5) is 5.69 Å². The molecule has 0 aliphatic carbocycles. The van der Waals surface area contributed by atoms with Crippen molar-refractivity contribution in [1.29, 1.82) is 5.26 Å². The van der Waals surface area contributed by atoms with Crippen molar-refractivity contribution >= 4 is 27.3 Å². The zero-order valence-electron chi connectivity index (χ0n) is 11.7. The minimum Gasteiger partial charge on any atom is -0.397 e. The molecule has 7 heteroatoms. The lowest BCUT2D eigenvalue weighted by Crippen LogP contribution is -2.37. The van der Waals surface area contributed by atoms with Gasteiger partial charge in [0.1, 0.15) is 0 Å². The lowest BCUT2D eigenvalue weighted by molar-refractivity contribution is 0.360. The fourth-order valence-corrected chi connectivity index (χ4v) is 3.73. The molecule has 0 bridgehead atoms. The minimum absolute atomic E-state index is 0.100. The summed E-state index contributed by atoms with van der Waals surface area (Å²) in [4.78, 5) is 0.100. The van der Waals surface area contributed by atoms with Gasteiger partial charge in [-0.1, -0.05) is 11.6 Å². The van der Waals surface area contributed by atoms with Crippen molar-refractivity contribution in [3.05, 3.63) is 22.7 Å². The van der Waals surface area contributed by atoms with Crippen molar-refractivity contribution in [2.24, 2.45) is 0 Å². The number of rotatable bonds is 5. The average molecular weight is 316 g/mol. The minimum atomic E-state index is -3.69. The summed E-state index contributed by atoms with van der Waals surface area (Å²) in [7, 11) is -3.69. The van der Waals surface area contributed by atoms with Gasteiger partial charge in [-0.05, 0) is 38.5 Å². The highest BCUT2D eigenvalue weighted by atomic mass is 35.5. The molecule has 2 N–H and O–H groups in total. The molecule has 0 aliphatic rings. The number of nitrogens with zero attached hydrogens (tertiary/aromatic N) is 2. The second-order valence-corrected chi connectivity index (χ2v) is 7.03. The van der Waals surface area contributed by atoms with Gasteiger partial charge in [-0.25, -0.2) is 8.42 Å². The summed E-state index contributed by atoms with van der Waals surface area (Å²) >= 11 is 5.95. The lowest BCUT2D eigenvalue weighted by Gasteiger charge is -2.25. The summed E-state index contributed by atoms with van der Waals surface area (Å²) in [6.45, 7) is 5.38. The first-order valence-corrected chi connectivity index (χ1v) is 7.98. The van der Waals surface area contributed by atoms with E-state index in [1.807, 2.05) is 6.07 Å². The van der Waals surface area contributed by atoms with Crippen LogP contribution in [0.5, 0.6) is 0 Å². The molecule has 1 rings (SSSR count). The fraction of sp³-hybridized carbons (Fsp3) is 0.462. The van der Waals surface area contributed by atoms with Crippen molar-refractivity contribution in [3.63, 3.8) is 0 Å². The van der Waals surface area contributed by atoms with Crippen molar-refractivity contribution in [2.75, 3.05) is 12.3 Å². The number of hydrogen-bond donors (Lipinski definition) is 1. The Morgan fingerprint density at radius 2 is 2.05 bits per heavy atom. The van der Waals surface area contributed by atoms with Gasteiger partial charge in [-0.15, -0.1) is 0 Å². The van der Waals surface area contributed by atoms with E-state index in [0.29, 0.717) is 10.6 Å². The number of sulfonamides is 1.